The number of hydrogen-bond acceptors (Lipinski definition) is 12. The van der Waals surface area contributed by atoms with Gasteiger partial charge in [0, 0.05) is 58.1 Å². The number of nitriles is 2. The van der Waals surface area contributed by atoms with Crippen LogP contribution in [-0.4, -0.2) is 82.4 Å². The molecule has 50 heavy (non-hydrogen) atoms. The summed E-state index contributed by atoms with van der Waals surface area (Å²) < 4.78 is 11.1. The van der Waals surface area contributed by atoms with Gasteiger partial charge in [-0.3, -0.25) is 24.4 Å². The Morgan fingerprint density at radius 3 is 1.64 bits per heavy atom. The van der Waals surface area contributed by atoms with Gasteiger partial charge in [-0.2, -0.15) is 10.5 Å². The molecule has 0 aromatic carbocycles. The average molecular weight is 683 g/mol. The van der Waals surface area contributed by atoms with E-state index in [1.807, 2.05) is 17.0 Å². The van der Waals surface area contributed by atoms with Crippen LogP contribution in [0.3, 0.4) is 0 Å². The number of piperidine rings is 2. The van der Waals surface area contributed by atoms with Gasteiger partial charge >= 0.3 is 0 Å². The number of aliphatic hydroxyl groups excluding tert-OH is 1. The molecular formula is C36H42N8O6. The summed E-state index contributed by atoms with van der Waals surface area (Å²) >= 11 is 0. The van der Waals surface area contributed by atoms with Crippen molar-refractivity contribution in [3.8, 4) is 12.1 Å². The van der Waals surface area contributed by atoms with E-state index in [1.165, 1.54) is 19.3 Å². The minimum atomic E-state index is -0.729. The van der Waals surface area contributed by atoms with Gasteiger partial charge in [0.1, 0.15) is 29.0 Å². The Kier molecular flexibility index (Phi) is 10.4. The first kappa shape index (κ1) is 36.1. The van der Waals surface area contributed by atoms with Gasteiger partial charge in [-0.1, -0.05) is 0 Å². The van der Waals surface area contributed by atoms with Gasteiger partial charge in [0.05, 0.1) is 57.8 Å². The van der Waals surface area contributed by atoms with Gasteiger partial charge in [0.2, 0.25) is 0 Å². The normalized spacial score (nSPS) is 17.4. The van der Waals surface area contributed by atoms with E-state index in [2.05, 4.69) is 38.7 Å². The van der Waals surface area contributed by atoms with Gasteiger partial charge in [0.15, 0.2) is 5.78 Å². The summed E-state index contributed by atoms with van der Waals surface area (Å²) in [4.78, 5) is 54.1. The van der Waals surface area contributed by atoms with Gasteiger partial charge in [-0.15, -0.1) is 0 Å². The van der Waals surface area contributed by atoms with Crippen molar-refractivity contribution in [2.75, 3.05) is 50.2 Å². The number of aromatic amines is 2. The molecule has 0 aliphatic carbocycles. The fourth-order valence-electron chi connectivity index (χ4n) is 6.47. The van der Waals surface area contributed by atoms with Crippen molar-refractivity contribution >= 4 is 39.0 Å². The number of aliphatic hydroxyl groups is 1. The Bertz CT molecular complexity index is 2130. The van der Waals surface area contributed by atoms with Crippen LogP contribution in [0, 0.1) is 22.7 Å². The van der Waals surface area contributed by atoms with Crippen LogP contribution < -0.4 is 20.9 Å². The molecule has 0 radical (unpaired) electrons. The van der Waals surface area contributed by atoms with E-state index < -0.39 is 17.2 Å². The second-order valence-corrected chi connectivity index (χ2v) is 13.4. The van der Waals surface area contributed by atoms with Crippen LogP contribution in [0.15, 0.2) is 34.1 Å². The second-order valence-electron chi connectivity index (χ2n) is 13.4. The molecule has 2 fully saturated rings. The third-order valence-electron chi connectivity index (χ3n) is 10.0. The predicted octanol–water partition coefficient (Wildman–Crippen LogP) is 3.86. The van der Waals surface area contributed by atoms with Gasteiger partial charge in [0.25, 0.3) is 11.1 Å². The summed E-state index contributed by atoms with van der Waals surface area (Å²) in [5.74, 6) is -0.164. The SMILES string of the molecule is COC1(C)CCN(c2c(C#N)c(=O)[nH]c3cnc(C(C)=O)cc23)CC1.COC1(C)CCN(c2c(C#N)c(=O)[nH]c3cnc(C(C)O)cc23)CC1. The molecule has 0 saturated carbocycles. The summed E-state index contributed by atoms with van der Waals surface area (Å²) in [5, 5.41) is 30.3. The summed E-state index contributed by atoms with van der Waals surface area (Å²) in [5.41, 5.74) is 1.98. The molecule has 14 heteroatoms. The molecule has 1 unspecified atom stereocenters. The number of methoxy groups -OCH3 is 2. The third-order valence-corrected chi connectivity index (χ3v) is 10.0. The highest BCUT2D eigenvalue weighted by molar-refractivity contribution is 6.00. The van der Waals surface area contributed by atoms with Crippen LogP contribution in [0.25, 0.3) is 21.8 Å². The van der Waals surface area contributed by atoms with Crippen molar-refractivity contribution in [2.24, 2.45) is 0 Å². The molecule has 6 rings (SSSR count). The number of rotatable bonds is 6. The van der Waals surface area contributed by atoms with E-state index in [4.69, 9.17) is 9.47 Å². The zero-order valence-corrected chi connectivity index (χ0v) is 29.2. The van der Waals surface area contributed by atoms with E-state index in [0.29, 0.717) is 65.4 Å². The third kappa shape index (κ3) is 7.09. The molecule has 1 atom stereocenters. The quantitative estimate of drug-likeness (QED) is 0.248. The maximum absolute atomic E-state index is 12.3. The monoisotopic (exact) mass is 682 g/mol. The van der Waals surface area contributed by atoms with Crippen molar-refractivity contribution in [3.05, 3.63) is 67.7 Å². The Balaban J connectivity index is 0.000000194. The number of nitrogens with one attached hydrogen (secondary N) is 2. The van der Waals surface area contributed by atoms with E-state index in [-0.39, 0.29) is 28.1 Å². The lowest BCUT2D eigenvalue weighted by molar-refractivity contribution is -0.0134. The highest BCUT2D eigenvalue weighted by atomic mass is 16.5. The number of carbonyl (C=O) groups is 1. The number of nitrogens with zero attached hydrogens (tertiary/aromatic N) is 6. The molecule has 4 aromatic heterocycles. The van der Waals surface area contributed by atoms with Crippen molar-refractivity contribution < 1.29 is 19.4 Å². The number of ether oxygens (including phenoxy) is 2. The average Bonchev–Trinajstić information content (AvgIpc) is 3.11. The molecule has 2 aliphatic heterocycles. The van der Waals surface area contributed by atoms with Crippen LogP contribution >= 0.6 is 0 Å². The van der Waals surface area contributed by atoms with Crippen LogP contribution in [0.4, 0.5) is 11.4 Å². The Hall–Kier alpha value is -5.15. The fourth-order valence-corrected chi connectivity index (χ4v) is 6.47. The summed E-state index contributed by atoms with van der Waals surface area (Å²) in [7, 11) is 3.41. The molecule has 0 bridgehead atoms. The molecular weight excluding hydrogens is 640 g/mol. The topological polar surface area (TPSA) is 201 Å². The lowest BCUT2D eigenvalue weighted by Gasteiger charge is -2.40. The minimum absolute atomic E-state index is 0.0641. The molecule has 6 heterocycles. The van der Waals surface area contributed by atoms with Crippen LogP contribution in [-0.2, 0) is 9.47 Å². The van der Waals surface area contributed by atoms with Crippen molar-refractivity contribution in [3.63, 3.8) is 0 Å². The smallest absolute Gasteiger partial charge is 0.268 e. The molecule has 4 aromatic rings. The maximum atomic E-state index is 12.3. The molecule has 0 spiro atoms. The highest BCUT2D eigenvalue weighted by Gasteiger charge is 2.33. The van der Waals surface area contributed by atoms with E-state index >= 15 is 0 Å². The minimum Gasteiger partial charge on any atom is -0.387 e. The summed E-state index contributed by atoms with van der Waals surface area (Å²) in [6.07, 6.45) is 5.45. The van der Waals surface area contributed by atoms with Crippen LogP contribution in [0.5, 0.6) is 0 Å². The lowest BCUT2D eigenvalue weighted by Crippen LogP contribution is -2.44. The van der Waals surface area contributed by atoms with E-state index in [1.54, 1.807) is 33.3 Å². The molecule has 3 N–H and O–H groups in total. The van der Waals surface area contributed by atoms with Crippen molar-refractivity contribution in [1.82, 2.24) is 19.9 Å². The molecule has 14 nitrogen and oxygen atoms in total. The van der Waals surface area contributed by atoms with Crippen LogP contribution in [0.1, 0.15) is 86.8 Å². The number of anilines is 2. The largest absolute Gasteiger partial charge is 0.387 e. The lowest BCUT2D eigenvalue weighted by atomic mass is 9.92. The number of ketones is 1. The number of Topliss-reactive ketones (excluding diaryl/α,β-unsaturated/α-hetero) is 1. The molecule has 262 valence electrons. The first-order valence-electron chi connectivity index (χ1n) is 16.5. The fraction of sp³-hybridized carbons (Fsp3) is 0.472. The number of aromatic nitrogens is 4. The maximum Gasteiger partial charge on any atom is 0.268 e. The summed E-state index contributed by atoms with van der Waals surface area (Å²) in [6.45, 7) is 9.90. The number of hydrogen-bond donors (Lipinski definition) is 3. The van der Waals surface area contributed by atoms with E-state index in [0.717, 1.165) is 31.1 Å². The number of carbonyl (C=O) groups excluding carboxylic acids is 1. The van der Waals surface area contributed by atoms with Crippen molar-refractivity contribution in [2.45, 2.75) is 70.7 Å². The standard InChI is InChI=1S/C18H22N4O3.C18H20N4O3/c2*1-11(23)14-8-12-15(10-20-14)21-17(24)13(9-19)16(12)22-6-4-18(2,25-3)5-7-22/h8,10-11,23H,4-7H2,1-3H3,(H,21,24);8,10H,4-7H2,1-3H3,(H,21,24). The Morgan fingerprint density at radius 2 is 1.26 bits per heavy atom. The number of H-pyrrole nitrogens is 2. The first-order chi connectivity index (χ1) is 23.8. The predicted molar refractivity (Wildman–Crippen MR) is 189 cm³/mol. The van der Waals surface area contributed by atoms with Gasteiger partial charge in [-0.05, 0) is 58.6 Å². The second kappa shape index (κ2) is 14.4. The zero-order valence-electron chi connectivity index (χ0n) is 29.2. The zero-order chi connectivity index (χ0) is 36.4. The van der Waals surface area contributed by atoms with Gasteiger partial charge < -0.3 is 34.3 Å². The first-order valence-corrected chi connectivity index (χ1v) is 16.5. The Morgan fingerprint density at radius 1 is 0.840 bits per heavy atom. The van der Waals surface area contributed by atoms with E-state index in [9.17, 15) is 30.0 Å². The van der Waals surface area contributed by atoms with Crippen molar-refractivity contribution in [1.29, 1.82) is 10.5 Å². The highest BCUT2D eigenvalue weighted by Crippen LogP contribution is 2.35. The number of pyridine rings is 4. The Labute approximate surface area is 289 Å². The van der Waals surface area contributed by atoms with Gasteiger partial charge in [-0.25, -0.2) is 0 Å². The van der Waals surface area contributed by atoms with Crippen LogP contribution in [0.2, 0.25) is 0 Å². The molecule has 0 amide bonds. The molecule has 2 aliphatic rings. The number of fused-ring (bicyclic) bond motifs is 2. The molecule has 2 saturated heterocycles. The summed E-state index contributed by atoms with van der Waals surface area (Å²) in [6, 6.07) is 7.44.